The molecule has 3 N–H and O–H groups in total. The van der Waals surface area contributed by atoms with Crippen LogP contribution >= 0.6 is 0 Å². The van der Waals surface area contributed by atoms with Crippen LogP contribution in [0.4, 0.5) is 18.0 Å². The summed E-state index contributed by atoms with van der Waals surface area (Å²) in [5, 5.41) is 1.98. The van der Waals surface area contributed by atoms with Crippen LogP contribution in [0.5, 0.6) is 0 Å². The number of halogens is 3. The molecule has 2 heterocycles. The van der Waals surface area contributed by atoms with Gasteiger partial charge >= 0.3 is 12.2 Å². The maximum absolute atomic E-state index is 12.8. The number of hydrogen-bond donors (Lipinski definition) is 2. The highest BCUT2D eigenvalue weighted by molar-refractivity contribution is 5.78. The Kier molecular flexibility index (Phi) is 4.27. The normalized spacial score (nSPS) is 23.8. The van der Waals surface area contributed by atoms with Gasteiger partial charge in [0.25, 0.3) is 0 Å². The van der Waals surface area contributed by atoms with Gasteiger partial charge in [0.1, 0.15) is 11.6 Å². The molecule has 1 aliphatic heterocycles. The van der Waals surface area contributed by atoms with Crippen molar-refractivity contribution in [2.45, 2.75) is 50.5 Å². The third-order valence-corrected chi connectivity index (χ3v) is 6.26. The van der Waals surface area contributed by atoms with Crippen molar-refractivity contribution in [2.75, 3.05) is 6.54 Å². The second kappa shape index (κ2) is 6.62. The van der Waals surface area contributed by atoms with Crippen molar-refractivity contribution in [3.05, 3.63) is 29.7 Å². The van der Waals surface area contributed by atoms with Gasteiger partial charge in [0.05, 0.1) is 12.6 Å². The molecule has 0 spiro atoms. The molecule has 0 radical (unpaired) electrons. The van der Waals surface area contributed by atoms with Gasteiger partial charge in [0.2, 0.25) is 5.89 Å². The number of fused-ring (bicyclic) bond motifs is 1. The van der Waals surface area contributed by atoms with Gasteiger partial charge in [-0.05, 0) is 61.1 Å². The predicted octanol–water partition coefficient (Wildman–Crippen LogP) is 3.72. The van der Waals surface area contributed by atoms with Crippen molar-refractivity contribution in [2.24, 2.45) is 23.5 Å². The van der Waals surface area contributed by atoms with E-state index in [2.05, 4.69) is 4.98 Å². The third kappa shape index (κ3) is 3.68. The minimum Gasteiger partial charge on any atom is -0.439 e. The molecule has 2 atom stereocenters. The fourth-order valence-electron chi connectivity index (χ4n) is 4.46. The molecule has 6 nitrogen and oxygen atoms in total. The van der Waals surface area contributed by atoms with E-state index in [-0.39, 0.29) is 12.6 Å². The maximum atomic E-state index is 12.8. The number of oxazole rings is 1. The average molecular weight is 408 g/mol. The number of nitrogens with one attached hydrogen (secondary N) is 1. The van der Waals surface area contributed by atoms with Gasteiger partial charge in [-0.25, -0.2) is 9.78 Å². The van der Waals surface area contributed by atoms with Crippen LogP contribution < -0.4 is 11.1 Å². The molecule has 156 valence electrons. The van der Waals surface area contributed by atoms with Crippen molar-refractivity contribution >= 4 is 17.1 Å². The molecule has 0 bridgehead atoms. The molecule has 2 amide bonds. The zero-order valence-corrected chi connectivity index (χ0v) is 15.8. The molecule has 3 fully saturated rings. The molecule has 0 unspecified atom stereocenters. The molecule has 2 saturated carbocycles. The Labute approximate surface area is 165 Å². The van der Waals surface area contributed by atoms with Gasteiger partial charge < -0.3 is 20.4 Å². The van der Waals surface area contributed by atoms with E-state index in [9.17, 15) is 18.0 Å². The van der Waals surface area contributed by atoms with Crippen molar-refractivity contribution < 1.29 is 22.4 Å². The standard InChI is InChI=1S/C20H23F3N4O2/c21-20(22,23)15-9-27(19(28)26-15)8-10-1-6-14-13(7-10)25-18(29-14)17(24)16(11-2-3-11)12-4-5-12/h1,6-7,11-12,15-17H,2-5,8-9,24H2,(H,26,28)/t15-,17-/m0/s1. The zero-order valence-electron chi connectivity index (χ0n) is 15.8. The molecule has 9 heteroatoms. The zero-order chi connectivity index (χ0) is 20.3. The topological polar surface area (TPSA) is 84.4 Å². The summed E-state index contributed by atoms with van der Waals surface area (Å²) >= 11 is 0. The molecule has 1 saturated heterocycles. The fraction of sp³-hybridized carbons (Fsp3) is 0.600. The molecule has 3 aliphatic rings. The summed E-state index contributed by atoms with van der Waals surface area (Å²) in [6.07, 6.45) is 0.420. The summed E-state index contributed by atoms with van der Waals surface area (Å²) in [7, 11) is 0. The van der Waals surface area contributed by atoms with E-state index in [0.29, 0.717) is 40.3 Å². The van der Waals surface area contributed by atoms with Crippen LogP contribution in [-0.2, 0) is 6.54 Å². The Hall–Kier alpha value is -2.29. The first-order valence-corrected chi connectivity index (χ1v) is 10.1. The van der Waals surface area contributed by atoms with Crippen molar-refractivity contribution in [1.82, 2.24) is 15.2 Å². The molecular formula is C20H23F3N4O2. The van der Waals surface area contributed by atoms with E-state index < -0.39 is 24.8 Å². The van der Waals surface area contributed by atoms with E-state index in [0.717, 1.165) is 4.90 Å². The van der Waals surface area contributed by atoms with Gasteiger partial charge in [0, 0.05) is 6.54 Å². The number of aromatic nitrogens is 1. The van der Waals surface area contributed by atoms with Gasteiger partial charge in [-0.3, -0.25) is 0 Å². The van der Waals surface area contributed by atoms with Crippen LogP contribution in [0.2, 0.25) is 0 Å². The highest BCUT2D eigenvalue weighted by Gasteiger charge is 2.47. The van der Waals surface area contributed by atoms with E-state index in [1.807, 2.05) is 5.32 Å². The predicted molar refractivity (Wildman–Crippen MR) is 98.7 cm³/mol. The minimum absolute atomic E-state index is 0.0787. The summed E-state index contributed by atoms with van der Waals surface area (Å²) < 4.78 is 44.4. The first kappa shape index (κ1) is 18.7. The Bertz CT molecular complexity index is 923. The van der Waals surface area contributed by atoms with E-state index >= 15 is 0 Å². The van der Waals surface area contributed by atoms with Crippen molar-refractivity contribution in [3.8, 4) is 0 Å². The van der Waals surface area contributed by atoms with E-state index in [4.69, 9.17) is 10.2 Å². The number of rotatable bonds is 6. The lowest BCUT2D eigenvalue weighted by Crippen LogP contribution is -2.40. The second-order valence-corrected chi connectivity index (χ2v) is 8.56. The number of urea groups is 1. The highest BCUT2D eigenvalue weighted by atomic mass is 19.4. The SMILES string of the molecule is N[C@H](c1nc2cc(CN3C[C@@H](C(F)(F)F)NC3=O)ccc2o1)C(C1CC1)C1CC1. The Morgan fingerprint density at radius 1 is 1.24 bits per heavy atom. The number of nitrogens with zero attached hydrogens (tertiary/aromatic N) is 2. The number of nitrogens with two attached hydrogens (primary N) is 1. The summed E-state index contributed by atoms with van der Waals surface area (Å²) in [5.41, 5.74) is 8.42. The first-order valence-electron chi connectivity index (χ1n) is 10.1. The Balaban J connectivity index is 1.32. The number of amides is 2. The maximum Gasteiger partial charge on any atom is 0.410 e. The number of alkyl halides is 3. The molecular weight excluding hydrogens is 385 g/mol. The molecule has 1 aromatic heterocycles. The Morgan fingerprint density at radius 2 is 1.93 bits per heavy atom. The average Bonchev–Trinajstić information content (AvgIpc) is 3.58. The van der Waals surface area contributed by atoms with Crippen molar-refractivity contribution in [3.63, 3.8) is 0 Å². The van der Waals surface area contributed by atoms with Crippen LogP contribution in [0.1, 0.15) is 43.2 Å². The first-order chi connectivity index (χ1) is 13.8. The van der Waals surface area contributed by atoms with Crippen LogP contribution in [-0.4, -0.2) is 34.7 Å². The summed E-state index contributed by atoms with van der Waals surface area (Å²) in [6.45, 7) is -0.324. The van der Waals surface area contributed by atoms with Crippen LogP contribution in [0.15, 0.2) is 22.6 Å². The van der Waals surface area contributed by atoms with Crippen LogP contribution in [0.3, 0.4) is 0 Å². The lowest BCUT2D eigenvalue weighted by Gasteiger charge is -2.20. The Morgan fingerprint density at radius 3 is 2.52 bits per heavy atom. The summed E-state index contributed by atoms with van der Waals surface area (Å²) in [5.74, 6) is 2.27. The smallest absolute Gasteiger partial charge is 0.410 e. The molecule has 29 heavy (non-hydrogen) atoms. The van der Waals surface area contributed by atoms with E-state index in [1.165, 1.54) is 25.7 Å². The van der Waals surface area contributed by atoms with E-state index in [1.54, 1.807) is 18.2 Å². The fourth-order valence-corrected chi connectivity index (χ4v) is 4.46. The van der Waals surface area contributed by atoms with Gasteiger partial charge in [-0.15, -0.1) is 0 Å². The number of benzene rings is 1. The van der Waals surface area contributed by atoms with Gasteiger partial charge in [0.15, 0.2) is 5.58 Å². The van der Waals surface area contributed by atoms with Gasteiger partial charge in [-0.2, -0.15) is 13.2 Å². The lowest BCUT2D eigenvalue weighted by molar-refractivity contribution is -0.149. The lowest BCUT2D eigenvalue weighted by atomic mass is 9.90. The number of carbonyl (C=O) groups is 1. The largest absolute Gasteiger partial charge is 0.439 e. The van der Waals surface area contributed by atoms with Crippen LogP contribution in [0, 0.1) is 17.8 Å². The molecule has 1 aromatic carbocycles. The minimum atomic E-state index is -4.45. The summed E-state index contributed by atoms with van der Waals surface area (Å²) in [4.78, 5) is 17.6. The van der Waals surface area contributed by atoms with Crippen molar-refractivity contribution in [1.29, 1.82) is 0 Å². The molecule has 2 aromatic rings. The van der Waals surface area contributed by atoms with Crippen LogP contribution in [0.25, 0.3) is 11.1 Å². The quantitative estimate of drug-likeness (QED) is 0.763. The molecule has 5 rings (SSSR count). The summed E-state index contributed by atoms with van der Waals surface area (Å²) in [6, 6.07) is 2.46. The second-order valence-electron chi connectivity index (χ2n) is 8.56. The number of hydrogen-bond acceptors (Lipinski definition) is 4. The monoisotopic (exact) mass is 408 g/mol. The number of carbonyl (C=O) groups excluding carboxylic acids is 1. The molecule has 2 aliphatic carbocycles. The van der Waals surface area contributed by atoms with Gasteiger partial charge in [-0.1, -0.05) is 6.07 Å². The third-order valence-electron chi connectivity index (χ3n) is 6.26. The highest BCUT2D eigenvalue weighted by Crippen LogP contribution is 2.53.